The molecule has 1 aromatic carbocycles. The van der Waals surface area contributed by atoms with E-state index in [4.69, 9.17) is 16.3 Å². The van der Waals surface area contributed by atoms with Crippen LogP contribution < -0.4 is 5.32 Å². The lowest BCUT2D eigenvalue weighted by molar-refractivity contribution is -0.125. The minimum absolute atomic E-state index is 0.0852. The maximum absolute atomic E-state index is 12.2. The van der Waals surface area contributed by atoms with E-state index in [1.165, 1.54) is 0 Å². The predicted molar refractivity (Wildman–Crippen MR) is 89.5 cm³/mol. The lowest BCUT2D eigenvalue weighted by Gasteiger charge is -2.21. The Kier molecular flexibility index (Phi) is 5.63. The van der Waals surface area contributed by atoms with Gasteiger partial charge in [0.25, 0.3) is 0 Å². The van der Waals surface area contributed by atoms with Crippen LogP contribution in [-0.2, 0) is 16.0 Å². The van der Waals surface area contributed by atoms with E-state index >= 15 is 0 Å². The molecule has 0 saturated heterocycles. The van der Waals surface area contributed by atoms with E-state index in [1.54, 1.807) is 39.0 Å². The number of amides is 1. The van der Waals surface area contributed by atoms with Crippen molar-refractivity contribution in [3.63, 3.8) is 0 Å². The standard InChI is InChI=1S/C17H24ClNO3/c1-16(2,3)14(20)9-11-7-8-12(18)10-13(11)19-15(21)22-17(4,5)6/h7-8,10H,9H2,1-6H3,(H,19,21). The van der Waals surface area contributed by atoms with Gasteiger partial charge in [0, 0.05) is 22.5 Å². The smallest absolute Gasteiger partial charge is 0.412 e. The summed E-state index contributed by atoms with van der Waals surface area (Å²) in [4.78, 5) is 24.1. The zero-order chi connectivity index (χ0) is 17.1. The van der Waals surface area contributed by atoms with Crippen molar-refractivity contribution in [2.24, 2.45) is 5.41 Å². The van der Waals surface area contributed by atoms with Crippen LogP contribution in [0.5, 0.6) is 0 Å². The molecule has 0 saturated carbocycles. The van der Waals surface area contributed by atoms with Gasteiger partial charge in [-0.05, 0) is 38.5 Å². The number of rotatable bonds is 3. The average molecular weight is 326 g/mol. The first-order valence-corrected chi connectivity index (χ1v) is 7.58. The van der Waals surface area contributed by atoms with Crippen molar-refractivity contribution in [1.29, 1.82) is 0 Å². The molecule has 0 fully saturated rings. The van der Waals surface area contributed by atoms with E-state index in [0.717, 1.165) is 5.56 Å². The number of carbonyl (C=O) groups excluding carboxylic acids is 2. The van der Waals surface area contributed by atoms with Gasteiger partial charge in [0.15, 0.2) is 0 Å². The van der Waals surface area contributed by atoms with Crippen molar-refractivity contribution in [2.75, 3.05) is 5.32 Å². The van der Waals surface area contributed by atoms with Crippen LogP contribution in [0.1, 0.15) is 47.1 Å². The topological polar surface area (TPSA) is 55.4 Å². The molecule has 4 nitrogen and oxygen atoms in total. The van der Waals surface area contributed by atoms with Crippen LogP contribution in [0, 0.1) is 5.41 Å². The maximum Gasteiger partial charge on any atom is 0.412 e. The first-order valence-electron chi connectivity index (χ1n) is 7.20. The molecule has 0 radical (unpaired) electrons. The zero-order valence-corrected chi connectivity index (χ0v) is 14.8. The van der Waals surface area contributed by atoms with Gasteiger partial charge < -0.3 is 4.74 Å². The summed E-state index contributed by atoms with van der Waals surface area (Å²) in [6.45, 7) is 11.0. The largest absolute Gasteiger partial charge is 0.444 e. The Hall–Kier alpha value is -1.55. The van der Waals surface area contributed by atoms with Gasteiger partial charge in [-0.15, -0.1) is 0 Å². The number of ketones is 1. The number of benzene rings is 1. The molecule has 1 N–H and O–H groups in total. The fourth-order valence-electron chi connectivity index (χ4n) is 1.67. The maximum atomic E-state index is 12.2. The molecule has 0 aliphatic carbocycles. The molecule has 5 heteroatoms. The van der Waals surface area contributed by atoms with E-state index in [0.29, 0.717) is 10.7 Å². The Morgan fingerprint density at radius 1 is 1.14 bits per heavy atom. The SMILES string of the molecule is CC(C)(C)OC(=O)Nc1cc(Cl)ccc1CC(=O)C(C)(C)C. The van der Waals surface area contributed by atoms with E-state index in [2.05, 4.69) is 5.32 Å². The summed E-state index contributed by atoms with van der Waals surface area (Å²) < 4.78 is 5.23. The average Bonchev–Trinajstić information content (AvgIpc) is 2.28. The minimum atomic E-state index is -0.593. The number of halogens is 1. The molecule has 1 amide bonds. The molecule has 1 rings (SSSR count). The lowest BCUT2D eigenvalue weighted by Crippen LogP contribution is -2.28. The lowest BCUT2D eigenvalue weighted by atomic mass is 9.87. The van der Waals surface area contributed by atoms with Crippen LogP contribution in [0.15, 0.2) is 18.2 Å². The van der Waals surface area contributed by atoms with Gasteiger partial charge in [-0.3, -0.25) is 10.1 Å². The molecular weight excluding hydrogens is 302 g/mol. The highest BCUT2D eigenvalue weighted by Crippen LogP contribution is 2.25. The number of carbonyl (C=O) groups is 2. The van der Waals surface area contributed by atoms with Crippen LogP contribution >= 0.6 is 11.6 Å². The summed E-state index contributed by atoms with van der Waals surface area (Å²) in [6, 6.07) is 5.07. The molecule has 0 unspecified atom stereocenters. The molecule has 0 bridgehead atoms. The number of hydrogen-bond acceptors (Lipinski definition) is 3. The van der Waals surface area contributed by atoms with Crippen LogP contribution in [-0.4, -0.2) is 17.5 Å². The summed E-state index contributed by atoms with van der Waals surface area (Å²) in [6.07, 6.45) is -0.342. The van der Waals surface area contributed by atoms with Crippen molar-refractivity contribution in [3.05, 3.63) is 28.8 Å². The van der Waals surface area contributed by atoms with Crippen LogP contribution in [0.4, 0.5) is 10.5 Å². The monoisotopic (exact) mass is 325 g/mol. The summed E-state index contributed by atoms with van der Waals surface area (Å²) in [5.41, 5.74) is 0.182. The van der Waals surface area contributed by atoms with Gasteiger partial charge in [-0.25, -0.2) is 4.79 Å². The van der Waals surface area contributed by atoms with Crippen LogP contribution in [0.2, 0.25) is 5.02 Å². The molecular formula is C17H24ClNO3. The van der Waals surface area contributed by atoms with E-state index < -0.39 is 17.1 Å². The Morgan fingerprint density at radius 2 is 1.73 bits per heavy atom. The number of nitrogens with one attached hydrogen (secondary N) is 1. The van der Waals surface area contributed by atoms with Gasteiger partial charge in [0.2, 0.25) is 0 Å². The molecule has 0 aliphatic rings. The molecule has 0 spiro atoms. The quantitative estimate of drug-likeness (QED) is 0.864. The summed E-state index contributed by atoms with van der Waals surface area (Å²) in [5, 5.41) is 3.15. The van der Waals surface area contributed by atoms with E-state index in [-0.39, 0.29) is 12.2 Å². The van der Waals surface area contributed by atoms with Crippen molar-refractivity contribution in [1.82, 2.24) is 0 Å². The van der Waals surface area contributed by atoms with Crippen LogP contribution in [0.3, 0.4) is 0 Å². The third-order valence-corrected chi connectivity index (χ3v) is 3.13. The summed E-state index contributed by atoms with van der Waals surface area (Å²) in [7, 11) is 0. The van der Waals surface area contributed by atoms with E-state index in [9.17, 15) is 9.59 Å². The first-order chi connectivity index (χ1) is 9.88. The normalized spacial score (nSPS) is 12.0. The third-order valence-electron chi connectivity index (χ3n) is 2.90. The number of Topliss-reactive ketones (excluding diaryl/α,β-unsaturated/α-hetero) is 1. The predicted octanol–water partition coefficient (Wildman–Crippen LogP) is 4.84. The number of anilines is 1. The Morgan fingerprint density at radius 3 is 2.23 bits per heavy atom. The molecule has 0 aromatic heterocycles. The zero-order valence-electron chi connectivity index (χ0n) is 14.0. The molecule has 0 heterocycles. The van der Waals surface area contributed by atoms with Gasteiger partial charge in [0.05, 0.1) is 0 Å². The molecule has 0 atom stereocenters. The van der Waals surface area contributed by atoms with Crippen molar-refractivity contribution < 1.29 is 14.3 Å². The second-order valence-electron chi connectivity index (χ2n) is 7.28. The summed E-state index contributed by atoms with van der Waals surface area (Å²) >= 11 is 5.98. The van der Waals surface area contributed by atoms with Crippen molar-refractivity contribution >= 4 is 29.2 Å². The Bertz CT molecular complexity index is 568. The van der Waals surface area contributed by atoms with Crippen LogP contribution in [0.25, 0.3) is 0 Å². The third kappa shape index (κ3) is 6.06. The highest BCUT2D eigenvalue weighted by Gasteiger charge is 2.23. The molecule has 22 heavy (non-hydrogen) atoms. The fourth-order valence-corrected chi connectivity index (χ4v) is 1.84. The van der Waals surface area contributed by atoms with Gasteiger partial charge in [0.1, 0.15) is 11.4 Å². The Labute approximate surface area is 137 Å². The number of hydrogen-bond donors (Lipinski definition) is 1. The first kappa shape index (κ1) is 18.5. The fraction of sp³-hybridized carbons (Fsp3) is 0.529. The minimum Gasteiger partial charge on any atom is -0.444 e. The van der Waals surface area contributed by atoms with Crippen molar-refractivity contribution in [3.8, 4) is 0 Å². The molecule has 0 aliphatic heterocycles. The highest BCUT2D eigenvalue weighted by atomic mass is 35.5. The second-order valence-corrected chi connectivity index (χ2v) is 7.71. The second kappa shape index (κ2) is 6.69. The van der Waals surface area contributed by atoms with Gasteiger partial charge >= 0.3 is 6.09 Å². The highest BCUT2D eigenvalue weighted by molar-refractivity contribution is 6.31. The summed E-state index contributed by atoms with van der Waals surface area (Å²) in [5.74, 6) is 0.0852. The van der Waals surface area contributed by atoms with Gasteiger partial charge in [-0.1, -0.05) is 38.4 Å². The number of ether oxygens (including phenoxy) is 1. The Balaban J connectivity index is 2.97. The van der Waals surface area contributed by atoms with E-state index in [1.807, 2.05) is 20.8 Å². The molecule has 122 valence electrons. The van der Waals surface area contributed by atoms with Gasteiger partial charge in [-0.2, -0.15) is 0 Å². The molecule has 1 aromatic rings. The van der Waals surface area contributed by atoms with Crippen molar-refractivity contribution in [2.45, 2.75) is 53.6 Å².